The molecule has 0 unspecified atom stereocenters. The largest absolute Gasteiger partial charge is 0.457 e. The van der Waals surface area contributed by atoms with Crippen LogP contribution in [0.5, 0.6) is 11.5 Å². The van der Waals surface area contributed by atoms with Crippen molar-refractivity contribution in [2.75, 3.05) is 6.54 Å². The third-order valence-corrected chi connectivity index (χ3v) is 3.70. The van der Waals surface area contributed by atoms with Gasteiger partial charge in [-0.3, -0.25) is 0 Å². The van der Waals surface area contributed by atoms with Gasteiger partial charge in [0.2, 0.25) is 0 Å². The van der Waals surface area contributed by atoms with Crippen LogP contribution in [0.15, 0.2) is 42.5 Å². The van der Waals surface area contributed by atoms with E-state index in [1.807, 2.05) is 30.3 Å². The molecule has 2 rings (SSSR count). The van der Waals surface area contributed by atoms with Crippen molar-refractivity contribution in [3.8, 4) is 11.5 Å². The van der Waals surface area contributed by atoms with Crippen LogP contribution < -0.4 is 10.1 Å². The quantitative estimate of drug-likeness (QED) is 0.775. The molecule has 0 atom stereocenters. The highest BCUT2D eigenvalue weighted by Crippen LogP contribution is 2.28. The minimum atomic E-state index is 0.486. The van der Waals surface area contributed by atoms with Crippen LogP contribution in [-0.2, 0) is 6.54 Å². The molecule has 2 aromatic carbocycles. The molecule has 0 saturated heterocycles. The van der Waals surface area contributed by atoms with E-state index in [1.165, 1.54) is 5.56 Å². The Bertz CT molecular complexity index is 596. The first-order chi connectivity index (χ1) is 10.1. The average molecular weight is 304 g/mol. The van der Waals surface area contributed by atoms with Gasteiger partial charge in [-0.15, -0.1) is 0 Å². The minimum Gasteiger partial charge on any atom is -0.457 e. The molecule has 21 heavy (non-hydrogen) atoms. The molecule has 0 amide bonds. The molecule has 0 aliphatic rings. The normalized spacial score (nSPS) is 10.9. The van der Waals surface area contributed by atoms with E-state index in [1.54, 1.807) is 0 Å². The number of ether oxygens (including phenoxy) is 1. The van der Waals surface area contributed by atoms with Gasteiger partial charge in [0, 0.05) is 11.6 Å². The second-order valence-electron chi connectivity index (χ2n) is 5.36. The SMILES string of the molecule is CCNCc1ccc(Oc2cccc(C(C)C)c2)cc1Cl. The van der Waals surface area contributed by atoms with E-state index >= 15 is 0 Å². The fourth-order valence-corrected chi connectivity index (χ4v) is 2.31. The molecule has 0 aliphatic heterocycles. The zero-order valence-electron chi connectivity index (χ0n) is 12.8. The molecule has 0 aromatic heterocycles. The Morgan fingerprint density at radius 2 is 1.86 bits per heavy atom. The number of benzene rings is 2. The number of halogens is 1. The predicted octanol–water partition coefficient (Wildman–Crippen LogP) is 5.37. The molecule has 3 heteroatoms. The lowest BCUT2D eigenvalue weighted by atomic mass is 10.0. The summed E-state index contributed by atoms with van der Waals surface area (Å²) in [5, 5.41) is 4.00. The smallest absolute Gasteiger partial charge is 0.128 e. The van der Waals surface area contributed by atoms with Crippen LogP contribution in [0, 0.1) is 0 Å². The summed E-state index contributed by atoms with van der Waals surface area (Å²) in [6, 6.07) is 14.0. The Labute approximate surface area is 132 Å². The lowest BCUT2D eigenvalue weighted by molar-refractivity contribution is 0.481. The molecule has 0 spiro atoms. The number of hydrogen-bond acceptors (Lipinski definition) is 2. The summed E-state index contributed by atoms with van der Waals surface area (Å²) in [4.78, 5) is 0. The minimum absolute atomic E-state index is 0.486. The van der Waals surface area contributed by atoms with Gasteiger partial charge >= 0.3 is 0 Å². The molecule has 0 fully saturated rings. The first kappa shape index (κ1) is 15.9. The maximum atomic E-state index is 6.29. The van der Waals surface area contributed by atoms with Crippen molar-refractivity contribution in [3.05, 3.63) is 58.6 Å². The standard InChI is InChI=1S/C18H22ClNO/c1-4-20-12-15-8-9-17(11-18(15)19)21-16-7-5-6-14(10-16)13(2)3/h5-11,13,20H,4,12H2,1-3H3. The topological polar surface area (TPSA) is 21.3 Å². The molecule has 0 heterocycles. The summed E-state index contributed by atoms with van der Waals surface area (Å²) < 4.78 is 5.90. The third kappa shape index (κ3) is 4.48. The fourth-order valence-electron chi connectivity index (χ4n) is 2.07. The predicted molar refractivity (Wildman–Crippen MR) is 89.4 cm³/mol. The van der Waals surface area contributed by atoms with E-state index in [0.29, 0.717) is 5.92 Å². The molecule has 112 valence electrons. The highest BCUT2D eigenvalue weighted by molar-refractivity contribution is 6.31. The third-order valence-electron chi connectivity index (χ3n) is 3.35. The Hall–Kier alpha value is -1.51. The van der Waals surface area contributed by atoms with E-state index < -0.39 is 0 Å². The Balaban J connectivity index is 2.12. The Kier molecular flexibility index (Phi) is 5.66. The van der Waals surface area contributed by atoms with Crippen LogP contribution in [0.4, 0.5) is 0 Å². The number of nitrogens with one attached hydrogen (secondary N) is 1. The lowest BCUT2D eigenvalue weighted by Crippen LogP contribution is -2.11. The summed E-state index contributed by atoms with van der Waals surface area (Å²) in [5.41, 5.74) is 2.35. The van der Waals surface area contributed by atoms with Crippen molar-refractivity contribution >= 4 is 11.6 Å². The molecule has 0 aliphatic carbocycles. The summed E-state index contributed by atoms with van der Waals surface area (Å²) in [7, 11) is 0. The van der Waals surface area contributed by atoms with Crippen molar-refractivity contribution in [2.24, 2.45) is 0 Å². The van der Waals surface area contributed by atoms with Gasteiger partial charge in [-0.1, -0.05) is 50.6 Å². The highest BCUT2D eigenvalue weighted by Gasteiger charge is 2.05. The number of hydrogen-bond donors (Lipinski definition) is 1. The van der Waals surface area contributed by atoms with E-state index in [2.05, 4.69) is 38.2 Å². The van der Waals surface area contributed by atoms with Gasteiger partial charge in [0.05, 0.1) is 0 Å². The van der Waals surface area contributed by atoms with Crippen molar-refractivity contribution in [3.63, 3.8) is 0 Å². The van der Waals surface area contributed by atoms with Gasteiger partial charge in [0.15, 0.2) is 0 Å². The fraction of sp³-hybridized carbons (Fsp3) is 0.333. The monoisotopic (exact) mass is 303 g/mol. The van der Waals surface area contributed by atoms with Crippen LogP contribution in [0.3, 0.4) is 0 Å². The van der Waals surface area contributed by atoms with Crippen molar-refractivity contribution in [1.82, 2.24) is 5.32 Å². The van der Waals surface area contributed by atoms with E-state index in [9.17, 15) is 0 Å². The molecule has 0 radical (unpaired) electrons. The van der Waals surface area contributed by atoms with Crippen molar-refractivity contribution in [1.29, 1.82) is 0 Å². The van der Waals surface area contributed by atoms with E-state index in [4.69, 9.17) is 16.3 Å². The van der Waals surface area contributed by atoms with Crippen LogP contribution in [-0.4, -0.2) is 6.54 Å². The van der Waals surface area contributed by atoms with E-state index in [-0.39, 0.29) is 0 Å². The second-order valence-corrected chi connectivity index (χ2v) is 5.77. The second kappa shape index (κ2) is 7.48. The maximum absolute atomic E-state index is 6.29. The van der Waals surface area contributed by atoms with Gasteiger partial charge < -0.3 is 10.1 Å². The zero-order valence-corrected chi connectivity index (χ0v) is 13.6. The van der Waals surface area contributed by atoms with Gasteiger partial charge in [-0.05, 0) is 47.9 Å². The lowest BCUT2D eigenvalue weighted by Gasteiger charge is -2.11. The van der Waals surface area contributed by atoms with Gasteiger partial charge in [0.25, 0.3) is 0 Å². The summed E-state index contributed by atoms with van der Waals surface area (Å²) in [6.45, 7) is 8.12. The molecule has 0 bridgehead atoms. The van der Waals surface area contributed by atoms with Crippen molar-refractivity contribution in [2.45, 2.75) is 33.2 Å². The summed E-state index contributed by atoms with van der Waals surface area (Å²) in [6.07, 6.45) is 0. The first-order valence-corrected chi connectivity index (χ1v) is 7.75. The molecular formula is C18H22ClNO. The Morgan fingerprint density at radius 3 is 2.52 bits per heavy atom. The first-order valence-electron chi connectivity index (χ1n) is 7.37. The molecule has 2 nitrogen and oxygen atoms in total. The molecule has 0 saturated carbocycles. The molecule has 2 aromatic rings. The van der Waals surface area contributed by atoms with Crippen LogP contribution in [0.1, 0.15) is 37.8 Å². The summed E-state index contributed by atoms with van der Waals surface area (Å²) in [5.74, 6) is 2.09. The van der Waals surface area contributed by atoms with Crippen LogP contribution in [0.2, 0.25) is 5.02 Å². The van der Waals surface area contributed by atoms with Gasteiger partial charge in [-0.2, -0.15) is 0 Å². The van der Waals surface area contributed by atoms with E-state index in [0.717, 1.165) is 35.2 Å². The van der Waals surface area contributed by atoms with Crippen LogP contribution in [0.25, 0.3) is 0 Å². The highest BCUT2D eigenvalue weighted by atomic mass is 35.5. The van der Waals surface area contributed by atoms with Gasteiger partial charge in [0.1, 0.15) is 11.5 Å². The number of rotatable bonds is 6. The molecular weight excluding hydrogens is 282 g/mol. The maximum Gasteiger partial charge on any atom is 0.128 e. The average Bonchev–Trinajstić information content (AvgIpc) is 2.47. The Morgan fingerprint density at radius 1 is 1.10 bits per heavy atom. The van der Waals surface area contributed by atoms with Crippen LogP contribution >= 0.6 is 11.6 Å². The van der Waals surface area contributed by atoms with Gasteiger partial charge in [-0.25, -0.2) is 0 Å². The van der Waals surface area contributed by atoms with Crippen molar-refractivity contribution < 1.29 is 4.74 Å². The zero-order chi connectivity index (χ0) is 15.2. The molecule has 1 N–H and O–H groups in total. The summed E-state index contributed by atoms with van der Waals surface area (Å²) >= 11 is 6.29.